The van der Waals surface area contributed by atoms with E-state index in [-0.39, 0.29) is 0 Å². The summed E-state index contributed by atoms with van der Waals surface area (Å²) >= 11 is 0. The predicted molar refractivity (Wildman–Crippen MR) is 56.7 cm³/mol. The molecular formula is C11H10F2N2O. The van der Waals surface area contributed by atoms with Gasteiger partial charge in [-0.05, 0) is 18.6 Å². The summed E-state index contributed by atoms with van der Waals surface area (Å²) in [5.41, 5.74) is 1.01. The summed E-state index contributed by atoms with van der Waals surface area (Å²) in [5.74, 6) is 0. The van der Waals surface area contributed by atoms with E-state index in [2.05, 4.69) is 4.98 Å². The van der Waals surface area contributed by atoms with Crippen molar-refractivity contribution in [3.8, 4) is 0 Å². The van der Waals surface area contributed by atoms with E-state index in [0.717, 1.165) is 10.1 Å². The van der Waals surface area contributed by atoms with Crippen molar-refractivity contribution in [2.24, 2.45) is 0 Å². The Kier molecular flexibility index (Phi) is 2.68. The van der Waals surface area contributed by atoms with E-state index in [1.807, 2.05) is 13.0 Å². The van der Waals surface area contributed by atoms with Crippen molar-refractivity contribution in [2.45, 2.75) is 19.9 Å². The highest BCUT2D eigenvalue weighted by Gasteiger charge is 2.09. The second-order valence-corrected chi connectivity index (χ2v) is 3.56. The Morgan fingerprint density at radius 2 is 2.19 bits per heavy atom. The second-order valence-electron chi connectivity index (χ2n) is 3.56. The molecule has 0 atom stereocenters. The molecule has 0 unspecified atom stereocenters. The number of rotatable bonds is 2. The summed E-state index contributed by atoms with van der Waals surface area (Å²) in [5, 5.41) is 0.378. The van der Waals surface area contributed by atoms with Gasteiger partial charge in [-0.2, -0.15) is 0 Å². The van der Waals surface area contributed by atoms with Gasteiger partial charge in [-0.1, -0.05) is 12.1 Å². The predicted octanol–water partition coefficient (Wildman–Crippen LogP) is 1.97. The highest BCUT2D eigenvalue weighted by atomic mass is 19.3. The van der Waals surface area contributed by atoms with Crippen LogP contribution in [0.5, 0.6) is 0 Å². The molecule has 16 heavy (non-hydrogen) atoms. The van der Waals surface area contributed by atoms with Crippen molar-refractivity contribution in [1.82, 2.24) is 9.55 Å². The van der Waals surface area contributed by atoms with Crippen LogP contribution in [0.3, 0.4) is 0 Å². The SMILES string of the molecule is Cc1cccc2c(=O)n(CC(F)F)cnc12. The molecule has 84 valence electrons. The molecule has 0 aliphatic heterocycles. The molecule has 2 aromatic rings. The largest absolute Gasteiger partial charge is 0.293 e. The van der Waals surface area contributed by atoms with Crippen LogP contribution in [0.15, 0.2) is 29.3 Å². The van der Waals surface area contributed by atoms with Gasteiger partial charge in [0.05, 0.1) is 23.8 Å². The van der Waals surface area contributed by atoms with Crippen LogP contribution < -0.4 is 5.56 Å². The summed E-state index contributed by atoms with van der Waals surface area (Å²) in [6, 6.07) is 5.14. The maximum atomic E-state index is 12.2. The molecule has 1 aromatic carbocycles. The first-order valence-corrected chi connectivity index (χ1v) is 4.82. The van der Waals surface area contributed by atoms with Crippen LogP contribution in [0.25, 0.3) is 10.9 Å². The minimum atomic E-state index is -2.55. The standard InChI is InChI=1S/C11H10F2N2O/c1-7-3-2-4-8-10(7)14-6-15(11(8)16)5-9(12)13/h2-4,6,9H,5H2,1H3. The number of alkyl halides is 2. The average Bonchev–Trinajstić information content (AvgIpc) is 2.23. The number of aryl methyl sites for hydroxylation is 1. The zero-order valence-corrected chi connectivity index (χ0v) is 8.65. The van der Waals surface area contributed by atoms with Crippen molar-refractivity contribution >= 4 is 10.9 Å². The fourth-order valence-corrected chi connectivity index (χ4v) is 1.62. The smallest absolute Gasteiger partial charge is 0.261 e. The normalized spacial score (nSPS) is 11.2. The molecule has 0 bridgehead atoms. The molecule has 0 aliphatic rings. The highest BCUT2D eigenvalue weighted by Crippen LogP contribution is 2.11. The Hall–Kier alpha value is -1.78. The lowest BCUT2D eigenvalue weighted by Gasteiger charge is -2.06. The Morgan fingerprint density at radius 1 is 1.44 bits per heavy atom. The Morgan fingerprint density at radius 3 is 2.88 bits per heavy atom. The molecule has 0 N–H and O–H groups in total. The minimum absolute atomic E-state index is 0.378. The van der Waals surface area contributed by atoms with Gasteiger partial charge in [-0.25, -0.2) is 13.8 Å². The first kappa shape index (κ1) is 10.7. The van der Waals surface area contributed by atoms with Crippen molar-refractivity contribution in [3.05, 3.63) is 40.4 Å². The molecule has 2 rings (SSSR count). The molecule has 0 radical (unpaired) electrons. The molecule has 0 saturated heterocycles. The third-order valence-electron chi connectivity index (χ3n) is 2.39. The van der Waals surface area contributed by atoms with E-state index in [1.165, 1.54) is 6.33 Å². The third-order valence-corrected chi connectivity index (χ3v) is 2.39. The van der Waals surface area contributed by atoms with E-state index in [0.29, 0.717) is 10.9 Å². The number of nitrogens with zero attached hydrogens (tertiary/aromatic N) is 2. The lowest BCUT2D eigenvalue weighted by molar-refractivity contribution is 0.125. The molecule has 0 fully saturated rings. The Labute approximate surface area is 90.3 Å². The van der Waals surface area contributed by atoms with E-state index in [1.54, 1.807) is 12.1 Å². The molecule has 0 amide bonds. The average molecular weight is 224 g/mol. The highest BCUT2D eigenvalue weighted by molar-refractivity contribution is 5.80. The minimum Gasteiger partial charge on any atom is -0.293 e. The van der Waals surface area contributed by atoms with Gasteiger partial charge in [0.1, 0.15) is 0 Å². The number of para-hydroxylation sites is 1. The van der Waals surface area contributed by atoms with Crippen molar-refractivity contribution in [1.29, 1.82) is 0 Å². The number of hydrogen-bond acceptors (Lipinski definition) is 2. The van der Waals surface area contributed by atoms with Gasteiger partial charge in [0.15, 0.2) is 0 Å². The van der Waals surface area contributed by atoms with Crippen molar-refractivity contribution in [3.63, 3.8) is 0 Å². The molecule has 0 aliphatic carbocycles. The van der Waals surface area contributed by atoms with Gasteiger partial charge in [0.25, 0.3) is 12.0 Å². The molecule has 0 spiro atoms. The number of aromatic nitrogens is 2. The van der Waals surface area contributed by atoms with E-state index in [4.69, 9.17) is 0 Å². The zero-order chi connectivity index (χ0) is 11.7. The fourth-order valence-electron chi connectivity index (χ4n) is 1.62. The summed E-state index contributed by atoms with van der Waals surface area (Å²) < 4.78 is 25.3. The van der Waals surface area contributed by atoms with Gasteiger partial charge in [0.2, 0.25) is 0 Å². The lowest BCUT2D eigenvalue weighted by Crippen LogP contribution is -2.23. The summed E-state index contributed by atoms with van der Waals surface area (Å²) in [7, 11) is 0. The van der Waals surface area contributed by atoms with Crippen LogP contribution in [0.2, 0.25) is 0 Å². The Bertz CT molecular complexity index is 578. The number of hydrogen-bond donors (Lipinski definition) is 0. The van der Waals surface area contributed by atoms with E-state index in [9.17, 15) is 13.6 Å². The maximum Gasteiger partial charge on any atom is 0.261 e. The summed E-state index contributed by atoms with van der Waals surface area (Å²) in [6.07, 6.45) is -1.38. The molecule has 5 heteroatoms. The van der Waals surface area contributed by atoms with Gasteiger partial charge in [-0.3, -0.25) is 9.36 Å². The van der Waals surface area contributed by atoms with Crippen molar-refractivity contribution < 1.29 is 8.78 Å². The molecule has 1 heterocycles. The van der Waals surface area contributed by atoms with Gasteiger partial charge in [0, 0.05) is 0 Å². The first-order valence-electron chi connectivity index (χ1n) is 4.82. The third kappa shape index (κ3) is 1.80. The Balaban J connectivity index is 2.66. The maximum absolute atomic E-state index is 12.2. The van der Waals surface area contributed by atoms with Crippen molar-refractivity contribution in [2.75, 3.05) is 0 Å². The second kappa shape index (κ2) is 4.00. The monoisotopic (exact) mass is 224 g/mol. The van der Waals surface area contributed by atoms with Crippen LogP contribution in [0, 0.1) is 6.92 Å². The topological polar surface area (TPSA) is 34.9 Å². The summed E-state index contributed by atoms with van der Waals surface area (Å²) in [6.45, 7) is 1.21. The first-order chi connectivity index (χ1) is 7.59. The number of benzene rings is 1. The zero-order valence-electron chi connectivity index (χ0n) is 8.65. The van der Waals surface area contributed by atoms with Crippen LogP contribution >= 0.6 is 0 Å². The van der Waals surface area contributed by atoms with Crippen LogP contribution in [0.1, 0.15) is 5.56 Å². The van der Waals surface area contributed by atoms with Crippen LogP contribution in [0.4, 0.5) is 8.78 Å². The van der Waals surface area contributed by atoms with E-state index >= 15 is 0 Å². The quantitative estimate of drug-likeness (QED) is 0.781. The summed E-state index contributed by atoms with van der Waals surface area (Å²) in [4.78, 5) is 15.8. The van der Waals surface area contributed by atoms with Gasteiger partial charge < -0.3 is 0 Å². The lowest BCUT2D eigenvalue weighted by atomic mass is 10.1. The molecule has 0 saturated carbocycles. The van der Waals surface area contributed by atoms with Gasteiger partial charge >= 0.3 is 0 Å². The molecule has 1 aromatic heterocycles. The van der Waals surface area contributed by atoms with E-state index < -0.39 is 18.5 Å². The number of halogens is 2. The molecule has 3 nitrogen and oxygen atoms in total. The number of fused-ring (bicyclic) bond motifs is 1. The van der Waals surface area contributed by atoms with Crippen LogP contribution in [-0.2, 0) is 6.54 Å². The fraction of sp³-hybridized carbons (Fsp3) is 0.273. The van der Waals surface area contributed by atoms with Crippen LogP contribution in [-0.4, -0.2) is 16.0 Å². The van der Waals surface area contributed by atoms with Gasteiger partial charge in [-0.15, -0.1) is 0 Å². The molecular weight excluding hydrogens is 214 g/mol.